The van der Waals surface area contributed by atoms with Crippen molar-refractivity contribution >= 4 is 11.8 Å². The molecule has 1 aromatic carbocycles. The Morgan fingerprint density at radius 3 is 2.19 bits per heavy atom. The van der Waals surface area contributed by atoms with Gasteiger partial charge in [0.2, 0.25) is 11.8 Å². The van der Waals surface area contributed by atoms with Crippen molar-refractivity contribution in [1.29, 1.82) is 0 Å². The monoisotopic (exact) mass is 361 g/mol. The molecule has 0 spiro atoms. The zero-order valence-corrected chi connectivity index (χ0v) is 17.0. The van der Waals surface area contributed by atoms with Gasteiger partial charge < -0.3 is 10.2 Å². The first-order valence-corrected chi connectivity index (χ1v) is 9.58. The standard InChI is InChI=1S/C21H35N3O2/c1-6-7-8-12-15-19(23(2)3)20(25)22-18(21(26)24(4)5)16-17-13-10-9-11-14-17/h9-11,13-14,18-19H,6-8,12,15-16H2,1-5H3,(H,22,25). The predicted molar refractivity (Wildman–Crippen MR) is 107 cm³/mol. The predicted octanol–water partition coefficient (Wildman–Crippen LogP) is 2.70. The number of amides is 2. The Hall–Kier alpha value is -1.88. The Balaban J connectivity index is 2.79. The summed E-state index contributed by atoms with van der Waals surface area (Å²) in [7, 11) is 7.29. The molecule has 26 heavy (non-hydrogen) atoms. The summed E-state index contributed by atoms with van der Waals surface area (Å²) in [6.45, 7) is 2.18. The summed E-state index contributed by atoms with van der Waals surface area (Å²) in [6.07, 6.45) is 5.84. The van der Waals surface area contributed by atoms with Crippen LogP contribution >= 0.6 is 0 Å². The third-order valence-electron chi connectivity index (χ3n) is 4.60. The highest BCUT2D eigenvalue weighted by atomic mass is 16.2. The molecule has 0 aliphatic rings. The maximum absolute atomic E-state index is 12.9. The van der Waals surface area contributed by atoms with Crippen molar-refractivity contribution in [3.63, 3.8) is 0 Å². The minimum absolute atomic E-state index is 0.0670. The van der Waals surface area contributed by atoms with Crippen LogP contribution in [0.2, 0.25) is 0 Å². The van der Waals surface area contributed by atoms with Gasteiger partial charge in [-0.2, -0.15) is 0 Å². The zero-order valence-electron chi connectivity index (χ0n) is 17.0. The fourth-order valence-corrected chi connectivity index (χ4v) is 3.02. The lowest BCUT2D eigenvalue weighted by atomic mass is 10.0. The molecule has 5 heteroatoms. The van der Waals surface area contributed by atoms with Gasteiger partial charge in [0.1, 0.15) is 6.04 Å². The second kappa shape index (κ2) is 11.7. The second-order valence-corrected chi connectivity index (χ2v) is 7.31. The highest BCUT2D eigenvalue weighted by Gasteiger charge is 2.27. The Kier molecular flexibility index (Phi) is 9.96. The van der Waals surface area contributed by atoms with Crippen LogP contribution in [-0.4, -0.2) is 61.9 Å². The summed E-state index contributed by atoms with van der Waals surface area (Å²) < 4.78 is 0. The van der Waals surface area contributed by atoms with Gasteiger partial charge in [0, 0.05) is 20.5 Å². The summed E-state index contributed by atoms with van der Waals surface area (Å²) in [5.74, 6) is -0.145. The van der Waals surface area contributed by atoms with Gasteiger partial charge in [0.25, 0.3) is 0 Å². The maximum Gasteiger partial charge on any atom is 0.244 e. The van der Waals surface area contributed by atoms with Crippen LogP contribution in [0.4, 0.5) is 0 Å². The normalized spacial score (nSPS) is 13.3. The first-order valence-electron chi connectivity index (χ1n) is 9.58. The molecule has 0 aliphatic heterocycles. The minimum atomic E-state index is -0.544. The van der Waals surface area contributed by atoms with Crippen molar-refractivity contribution in [2.24, 2.45) is 0 Å². The molecule has 0 saturated carbocycles. The van der Waals surface area contributed by atoms with E-state index in [1.165, 1.54) is 12.8 Å². The SMILES string of the molecule is CCCCCCC(C(=O)NC(Cc1ccccc1)C(=O)N(C)C)N(C)C. The van der Waals surface area contributed by atoms with Gasteiger partial charge in [-0.3, -0.25) is 14.5 Å². The van der Waals surface area contributed by atoms with Crippen molar-refractivity contribution in [2.75, 3.05) is 28.2 Å². The number of hydrogen-bond acceptors (Lipinski definition) is 3. The molecule has 0 saturated heterocycles. The molecule has 2 unspecified atom stereocenters. The van der Waals surface area contributed by atoms with Crippen LogP contribution < -0.4 is 5.32 Å². The van der Waals surface area contributed by atoms with Crippen LogP contribution in [-0.2, 0) is 16.0 Å². The number of benzene rings is 1. The highest BCUT2D eigenvalue weighted by molar-refractivity contribution is 5.89. The molecule has 0 fully saturated rings. The van der Waals surface area contributed by atoms with Crippen LogP contribution in [0.15, 0.2) is 30.3 Å². The average molecular weight is 362 g/mol. The lowest BCUT2D eigenvalue weighted by Gasteiger charge is -2.27. The van der Waals surface area contributed by atoms with E-state index in [-0.39, 0.29) is 17.9 Å². The van der Waals surface area contributed by atoms with E-state index in [2.05, 4.69) is 12.2 Å². The number of rotatable bonds is 11. The third kappa shape index (κ3) is 7.56. The van der Waals surface area contributed by atoms with Crippen LogP contribution in [0.3, 0.4) is 0 Å². The molecule has 5 nitrogen and oxygen atoms in total. The van der Waals surface area contributed by atoms with Crippen molar-refractivity contribution < 1.29 is 9.59 Å². The first-order chi connectivity index (χ1) is 12.4. The molecule has 0 heterocycles. The molecule has 2 atom stereocenters. The molecule has 0 aliphatic carbocycles. The van der Waals surface area contributed by atoms with E-state index in [0.717, 1.165) is 24.8 Å². The van der Waals surface area contributed by atoms with E-state index in [1.54, 1.807) is 19.0 Å². The number of carbonyl (C=O) groups excluding carboxylic acids is 2. The number of nitrogens with zero attached hydrogens (tertiary/aromatic N) is 2. The van der Waals surface area contributed by atoms with E-state index in [0.29, 0.717) is 6.42 Å². The van der Waals surface area contributed by atoms with Gasteiger partial charge >= 0.3 is 0 Å². The average Bonchev–Trinajstić information content (AvgIpc) is 2.60. The highest BCUT2D eigenvalue weighted by Crippen LogP contribution is 2.11. The fraction of sp³-hybridized carbons (Fsp3) is 0.619. The molecule has 0 bridgehead atoms. The summed E-state index contributed by atoms with van der Waals surface area (Å²) in [5.41, 5.74) is 1.04. The van der Waals surface area contributed by atoms with Gasteiger partial charge in [0.15, 0.2) is 0 Å². The first kappa shape index (κ1) is 22.2. The van der Waals surface area contributed by atoms with E-state index in [9.17, 15) is 9.59 Å². The molecule has 0 aromatic heterocycles. The molecule has 2 amide bonds. The van der Waals surface area contributed by atoms with Crippen LogP contribution in [0.1, 0.15) is 44.6 Å². The molecule has 0 radical (unpaired) electrons. The third-order valence-corrected chi connectivity index (χ3v) is 4.60. The van der Waals surface area contributed by atoms with Crippen LogP contribution in [0.5, 0.6) is 0 Å². The van der Waals surface area contributed by atoms with Gasteiger partial charge in [0.05, 0.1) is 6.04 Å². The molecule has 1 N–H and O–H groups in total. The Morgan fingerprint density at radius 1 is 1.00 bits per heavy atom. The zero-order chi connectivity index (χ0) is 19.5. The smallest absolute Gasteiger partial charge is 0.244 e. The van der Waals surface area contributed by atoms with E-state index in [4.69, 9.17) is 0 Å². The van der Waals surface area contributed by atoms with E-state index < -0.39 is 6.04 Å². The summed E-state index contributed by atoms with van der Waals surface area (Å²) >= 11 is 0. The quantitative estimate of drug-likeness (QED) is 0.617. The Morgan fingerprint density at radius 2 is 1.65 bits per heavy atom. The molecule has 1 aromatic rings. The minimum Gasteiger partial charge on any atom is -0.347 e. The molecule has 146 valence electrons. The number of hydrogen-bond donors (Lipinski definition) is 1. The number of nitrogens with one attached hydrogen (secondary N) is 1. The van der Waals surface area contributed by atoms with Crippen molar-refractivity contribution in [2.45, 2.75) is 57.5 Å². The van der Waals surface area contributed by atoms with E-state index in [1.807, 2.05) is 49.3 Å². The number of likely N-dealkylation sites (N-methyl/N-ethyl adjacent to an activating group) is 2. The fourth-order valence-electron chi connectivity index (χ4n) is 3.02. The molecular weight excluding hydrogens is 326 g/mol. The van der Waals surface area contributed by atoms with Crippen molar-refractivity contribution in [1.82, 2.24) is 15.1 Å². The van der Waals surface area contributed by atoms with Crippen molar-refractivity contribution in [3.8, 4) is 0 Å². The number of unbranched alkanes of at least 4 members (excludes halogenated alkanes) is 3. The summed E-state index contributed by atoms with van der Waals surface area (Å²) in [5, 5.41) is 3.00. The van der Waals surface area contributed by atoms with Gasteiger partial charge in [-0.25, -0.2) is 0 Å². The Labute approximate surface area is 158 Å². The largest absolute Gasteiger partial charge is 0.347 e. The lowest BCUT2D eigenvalue weighted by Crippen LogP contribution is -2.53. The van der Waals surface area contributed by atoms with Gasteiger partial charge in [-0.15, -0.1) is 0 Å². The van der Waals surface area contributed by atoms with Crippen molar-refractivity contribution in [3.05, 3.63) is 35.9 Å². The van der Waals surface area contributed by atoms with Gasteiger partial charge in [-0.1, -0.05) is 62.9 Å². The summed E-state index contributed by atoms with van der Waals surface area (Å²) in [4.78, 5) is 28.9. The topological polar surface area (TPSA) is 52.7 Å². The molecule has 1 rings (SSSR count). The lowest BCUT2D eigenvalue weighted by molar-refractivity contribution is -0.135. The molecular formula is C21H35N3O2. The van der Waals surface area contributed by atoms with Gasteiger partial charge in [-0.05, 0) is 26.1 Å². The number of carbonyl (C=O) groups is 2. The summed E-state index contributed by atoms with van der Waals surface area (Å²) in [6, 6.07) is 9.06. The Bertz CT molecular complexity index is 543. The van der Waals surface area contributed by atoms with E-state index >= 15 is 0 Å². The van der Waals surface area contributed by atoms with Crippen LogP contribution in [0.25, 0.3) is 0 Å². The maximum atomic E-state index is 12.9. The van der Waals surface area contributed by atoms with Crippen LogP contribution in [0, 0.1) is 0 Å². The second-order valence-electron chi connectivity index (χ2n) is 7.31.